The fourth-order valence-electron chi connectivity index (χ4n) is 3.66. The Morgan fingerprint density at radius 3 is 1.97 bits per heavy atom. The fourth-order valence-corrected chi connectivity index (χ4v) is 5.80. The summed E-state index contributed by atoms with van der Waals surface area (Å²) in [5.74, 6) is -0.158. The lowest BCUT2D eigenvalue weighted by molar-refractivity contribution is -0.135. The van der Waals surface area contributed by atoms with Gasteiger partial charge in [-0.05, 0) is 74.4 Å². The van der Waals surface area contributed by atoms with Crippen LogP contribution < -0.4 is 10.6 Å². The van der Waals surface area contributed by atoms with Gasteiger partial charge in [0.15, 0.2) is 0 Å². The molecular formula is C27H35N3O4S3. The summed E-state index contributed by atoms with van der Waals surface area (Å²) >= 11 is 4.76. The fraction of sp³-hybridized carbons (Fsp3) is 0.444. The van der Waals surface area contributed by atoms with Crippen LogP contribution in [0.4, 0.5) is 4.79 Å². The maximum Gasteiger partial charge on any atom is 0.408 e. The van der Waals surface area contributed by atoms with Crippen molar-refractivity contribution in [3.8, 4) is 0 Å². The second kappa shape index (κ2) is 14.3. The Bertz CT molecular complexity index is 1050. The highest BCUT2D eigenvalue weighted by atomic mass is 32.1. The number of rotatable bonds is 13. The first-order valence-corrected chi connectivity index (χ1v) is 15.0. The molecule has 0 fully saturated rings. The predicted octanol–water partition coefficient (Wildman–Crippen LogP) is 5.82. The number of alkyl carbamates (subject to hydrolysis) is 1. The summed E-state index contributed by atoms with van der Waals surface area (Å²) in [6.45, 7) is 6.84. The van der Waals surface area contributed by atoms with E-state index >= 15 is 0 Å². The number of thiophene rings is 3. The van der Waals surface area contributed by atoms with Crippen molar-refractivity contribution < 1.29 is 19.1 Å². The topological polar surface area (TPSA) is 87.7 Å². The van der Waals surface area contributed by atoms with Gasteiger partial charge < -0.3 is 20.3 Å². The summed E-state index contributed by atoms with van der Waals surface area (Å²) in [5, 5.41) is 11.7. The number of unbranched alkanes of at least 4 members (excludes halogenated alkanes) is 1. The molecule has 0 aromatic carbocycles. The molecule has 37 heavy (non-hydrogen) atoms. The number of amides is 3. The van der Waals surface area contributed by atoms with Gasteiger partial charge in [-0.2, -0.15) is 0 Å². The molecule has 200 valence electrons. The van der Waals surface area contributed by atoms with Crippen LogP contribution in [0.5, 0.6) is 0 Å². The van der Waals surface area contributed by atoms with Gasteiger partial charge in [0.05, 0.1) is 19.5 Å². The molecule has 0 radical (unpaired) electrons. The Balaban J connectivity index is 1.61. The highest BCUT2D eigenvalue weighted by Gasteiger charge is 2.28. The van der Waals surface area contributed by atoms with Gasteiger partial charge in [-0.1, -0.05) is 18.2 Å². The van der Waals surface area contributed by atoms with Gasteiger partial charge in [-0.15, -0.1) is 34.0 Å². The van der Waals surface area contributed by atoms with E-state index in [1.807, 2.05) is 52.5 Å². The lowest BCUT2D eigenvalue weighted by Crippen LogP contribution is -2.49. The standard InChI is InChI=1S/C27H35N3O4S3/c1-27(2,3)34-26(33)29-23(12-4-5-13-28-24(31)17-20-9-6-14-35-20)25(32)30(18-21-10-7-15-36-21)19-22-11-8-16-37-22/h6-11,14-16,23H,4-5,12-13,17-19H2,1-3H3,(H,28,31)(H,29,33)/t23-/m0/s1. The molecule has 2 N–H and O–H groups in total. The van der Waals surface area contributed by atoms with Gasteiger partial charge in [-0.25, -0.2) is 4.79 Å². The third-order valence-electron chi connectivity index (χ3n) is 5.31. The van der Waals surface area contributed by atoms with Crippen molar-refractivity contribution in [1.82, 2.24) is 15.5 Å². The molecule has 3 amide bonds. The Morgan fingerprint density at radius 2 is 1.46 bits per heavy atom. The SMILES string of the molecule is CC(C)(C)OC(=O)N[C@@H](CCCCNC(=O)Cc1cccs1)C(=O)N(Cc1cccs1)Cc1cccs1. The van der Waals surface area contributed by atoms with E-state index in [1.54, 1.807) is 59.7 Å². The summed E-state index contributed by atoms with van der Waals surface area (Å²) in [5.41, 5.74) is -0.669. The molecule has 10 heteroatoms. The van der Waals surface area contributed by atoms with Gasteiger partial charge in [0, 0.05) is 21.2 Å². The molecule has 3 aromatic heterocycles. The number of hydrogen-bond acceptors (Lipinski definition) is 7. The van der Waals surface area contributed by atoms with Gasteiger partial charge in [0.1, 0.15) is 11.6 Å². The van der Waals surface area contributed by atoms with E-state index in [4.69, 9.17) is 4.74 Å². The van der Waals surface area contributed by atoms with Crippen molar-refractivity contribution >= 4 is 51.9 Å². The summed E-state index contributed by atoms with van der Waals surface area (Å²) in [7, 11) is 0. The van der Waals surface area contributed by atoms with Gasteiger partial charge >= 0.3 is 6.09 Å². The molecule has 7 nitrogen and oxygen atoms in total. The third kappa shape index (κ3) is 10.7. The zero-order chi connectivity index (χ0) is 26.7. The molecule has 3 aromatic rings. The average molecular weight is 562 g/mol. The highest BCUT2D eigenvalue weighted by Crippen LogP contribution is 2.19. The maximum absolute atomic E-state index is 13.7. The minimum atomic E-state index is -0.725. The van der Waals surface area contributed by atoms with Crippen molar-refractivity contribution in [2.75, 3.05) is 6.54 Å². The second-order valence-corrected chi connectivity index (χ2v) is 12.8. The summed E-state index contributed by atoms with van der Waals surface area (Å²) in [6.07, 6.45) is 1.58. The molecule has 3 heterocycles. The van der Waals surface area contributed by atoms with Crippen LogP contribution in [0.1, 0.15) is 54.7 Å². The minimum absolute atomic E-state index is 0.0139. The van der Waals surface area contributed by atoms with E-state index in [1.165, 1.54) is 0 Å². The Hall–Kier alpha value is -2.69. The molecule has 0 saturated heterocycles. The van der Waals surface area contributed by atoms with Crippen LogP contribution >= 0.6 is 34.0 Å². The first kappa shape index (κ1) is 28.9. The van der Waals surface area contributed by atoms with Crippen molar-refractivity contribution in [2.45, 2.75) is 71.2 Å². The summed E-state index contributed by atoms with van der Waals surface area (Å²) in [4.78, 5) is 43.5. The first-order valence-electron chi connectivity index (χ1n) is 12.3. The monoisotopic (exact) mass is 561 g/mol. The lowest BCUT2D eigenvalue weighted by atomic mass is 10.1. The molecule has 0 aliphatic carbocycles. The highest BCUT2D eigenvalue weighted by molar-refractivity contribution is 7.10. The van der Waals surface area contributed by atoms with Crippen LogP contribution in [-0.4, -0.2) is 41.0 Å². The van der Waals surface area contributed by atoms with E-state index < -0.39 is 17.7 Å². The zero-order valence-corrected chi connectivity index (χ0v) is 24.0. The Labute approximate surface area is 230 Å². The summed E-state index contributed by atoms with van der Waals surface area (Å²) < 4.78 is 5.45. The first-order chi connectivity index (χ1) is 17.7. The number of nitrogens with one attached hydrogen (secondary N) is 2. The number of carbonyl (C=O) groups excluding carboxylic acids is 3. The number of hydrogen-bond donors (Lipinski definition) is 2. The van der Waals surface area contributed by atoms with Gasteiger partial charge in [0.2, 0.25) is 11.8 Å². The van der Waals surface area contributed by atoms with Crippen LogP contribution in [0.3, 0.4) is 0 Å². The third-order valence-corrected chi connectivity index (χ3v) is 7.91. The van der Waals surface area contributed by atoms with E-state index in [-0.39, 0.29) is 11.8 Å². The van der Waals surface area contributed by atoms with Crippen LogP contribution in [0.15, 0.2) is 52.5 Å². The molecule has 0 aliphatic heterocycles. The van der Waals surface area contributed by atoms with E-state index in [9.17, 15) is 14.4 Å². The Kier molecular flexibility index (Phi) is 11.2. The predicted molar refractivity (Wildman–Crippen MR) is 151 cm³/mol. The minimum Gasteiger partial charge on any atom is -0.444 e. The lowest BCUT2D eigenvalue weighted by Gasteiger charge is -2.28. The number of ether oxygens (including phenoxy) is 1. The van der Waals surface area contributed by atoms with Crippen molar-refractivity contribution in [3.63, 3.8) is 0 Å². The van der Waals surface area contributed by atoms with Gasteiger partial charge in [0.25, 0.3) is 0 Å². The van der Waals surface area contributed by atoms with Crippen LogP contribution in [0, 0.1) is 0 Å². The number of nitrogens with zero attached hydrogens (tertiary/aromatic N) is 1. The van der Waals surface area contributed by atoms with E-state index in [0.29, 0.717) is 45.3 Å². The van der Waals surface area contributed by atoms with Gasteiger partial charge in [-0.3, -0.25) is 9.59 Å². The molecule has 0 aliphatic rings. The molecule has 3 rings (SSSR count). The molecular weight excluding hydrogens is 527 g/mol. The zero-order valence-electron chi connectivity index (χ0n) is 21.5. The normalized spacial score (nSPS) is 12.1. The maximum atomic E-state index is 13.7. The average Bonchev–Trinajstić information content (AvgIpc) is 3.60. The number of carbonyl (C=O) groups is 3. The van der Waals surface area contributed by atoms with Crippen LogP contribution in [0.2, 0.25) is 0 Å². The quantitative estimate of drug-likeness (QED) is 0.257. The van der Waals surface area contributed by atoms with Crippen LogP contribution in [-0.2, 0) is 33.8 Å². The smallest absolute Gasteiger partial charge is 0.408 e. The van der Waals surface area contributed by atoms with Crippen LogP contribution in [0.25, 0.3) is 0 Å². The molecule has 1 atom stereocenters. The van der Waals surface area contributed by atoms with Crippen molar-refractivity contribution in [3.05, 3.63) is 67.2 Å². The largest absolute Gasteiger partial charge is 0.444 e. The van der Waals surface area contributed by atoms with E-state index in [2.05, 4.69) is 10.6 Å². The second-order valence-electron chi connectivity index (χ2n) is 9.65. The Morgan fingerprint density at radius 1 is 0.892 bits per heavy atom. The van der Waals surface area contributed by atoms with Crippen molar-refractivity contribution in [2.24, 2.45) is 0 Å². The molecule has 0 unspecified atom stereocenters. The molecule has 0 bridgehead atoms. The summed E-state index contributed by atoms with van der Waals surface area (Å²) in [6, 6.07) is 11.1. The molecule has 0 spiro atoms. The molecule has 0 saturated carbocycles. The van der Waals surface area contributed by atoms with Crippen molar-refractivity contribution in [1.29, 1.82) is 0 Å². The van der Waals surface area contributed by atoms with E-state index in [0.717, 1.165) is 14.6 Å².